The standard InChI is InChI=1S/C13H11FN2O2/c14-10-5-3-6-11(12(10)13(17)18)16-8-9-4-1-2-7-15-9/h1-7,16H,8H2,(H,17,18). The highest BCUT2D eigenvalue weighted by Crippen LogP contribution is 2.19. The first-order valence-electron chi connectivity index (χ1n) is 5.34. The van der Waals surface area contributed by atoms with Gasteiger partial charge in [-0.25, -0.2) is 9.18 Å². The molecule has 0 bridgehead atoms. The molecule has 0 aliphatic heterocycles. The highest BCUT2D eigenvalue weighted by Gasteiger charge is 2.15. The quantitative estimate of drug-likeness (QED) is 0.870. The molecule has 5 heteroatoms. The fraction of sp³-hybridized carbons (Fsp3) is 0.0769. The molecule has 0 amide bonds. The Bertz CT molecular complexity index is 558. The zero-order valence-electron chi connectivity index (χ0n) is 9.43. The number of anilines is 1. The summed E-state index contributed by atoms with van der Waals surface area (Å²) in [6.07, 6.45) is 1.64. The van der Waals surface area contributed by atoms with Crippen molar-refractivity contribution < 1.29 is 14.3 Å². The summed E-state index contributed by atoms with van der Waals surface area (Å²) in [5, 5.41) is 11.8. The molecule has 2 rings (SSSR count). The lowest BCUT2D eigenvalue weighted by molar-refractivity contribution is 0.0693. The average Bonchev–Trinajstić information content (AvgIpc) is 2.37. The summed E-state index contributed by atoms with van der Waals surface area (Å²) in [6.45, 7) is 0.338. The molecule has 0 spiro atoms. The molecule has 4 nitrogen and oxygen atoms in total. The van der Waals surface area contributed by atoms with Gasteiger partial charge in [0.15, 0.2) is 0 Å². The van der Waals surface area contributed by atoms with E-state index in [2.05, 4.69) is 10.3 Å². The van der Waals surface area contributed by atoms with Crippen molar-refractivity contribution in [2.45, 2.75) is 6.54 Å². The minimum absolute atomic E-state index is 0.244. The predicted octanol–water partition coefficient (Wildman–Crippen LogP) is 2.53. The maximum atomic E-state index is 13.4. The molecule has 0 unspecified atom stereocenters. The van der Waals surface area contributed by atoms with Crippen molar-refractivity contribution in [3.8, 4) is 0 Å². The van der Waals surface area contributed by atoms with Crippen molar-refractivity contribution in [2.75, 3.05) is 5.32 Å². The van der Waals surface area contributed by atoms with E-state index in [0.29, 0.717) is 6.54 Å². The SMILES string of the molecule is O=C(O)c1c(F)cccc1NCc1ccccn1. The minimum Gasteiger partial charge on any atom is -0.478 e. The van der Waals surface area contributed by atoms with Crippen LogP contribution in [0, 0.1) is 5.82 Å². The van der Waals surface area contributed by atoms with Gasteiger partial charge in [0, 0.05) is 6.20 Å². The molecule has 1 aromatic heterocycles. The van der Waals surface area contributed by atoms with Gasteiger partial charge in [0.25, 0.3) is 0 Å². The lowest BCUT2D eigenvalue weighted by atomic mass is 10.1. The van der Waals surface area contributed by atoms with Crippen molar-refractivity contribution in [1.29, 1.82) is 0 Å². The number of carboxylic acid groups (broad SMARTS) is 1. The molecule has 0 saturated heterocycles. The average molecular weight is 246 g/mol. The number of aromatic carboxylic acids is 1. The van der Waals surface area contributed by atoms with Crippen LogP contribution in [0.3, 0.4) is 0 Å². The van der Waals surface area contributed by atoms with E-state index in [1.165, 1.54) is 12.1 Å². The smallest absolute Gasteiger partial charge is 0.340 e. The summed E-state index contributed by atoms with van der Waals surface area (Å²) >= 11 is 0. The zero-order valence-corrected chi connectivity index (χ0v) is 9.43. The van der Waals surface area contributed by atoms with Gasteiger partial charge < -0.3 is 10.4 Å². The van der Waals surface area contributed by atoms with Gasteiger partial charge in [0.05, 0.1) is 17.9 Å². The third-order valence-corrected chi connectivity index (χ3v) is 2.41. The predicted molar refractivity (Wildman–Crippen MR) is 64.9 cm³/mol. The first kappa shape index (κ1) is 12.0. The Morgan fingerprint density at radius 3 is 2.78 bits per heavy atom. The van der Waals surface area contributed by atoms with Gasteiger partial charge in [-0.15, -0.1) is 0 Å². The van der Waals surface area contributed by atoms with Gasteiger partial charge >= 0.3 is 5.97 Å². The van der Waals surface area contributed by atoms with Crippen LogP contribution in [0.1, 0.15) is 16.1 Å². The van der Waals surface area contributed by atoms with Crippen LogP contribution in [0.4, 0.5) is 10.1 Å². The first-order chi connectivity index (χ1) is 8.68. The van der Waals surface area contributed by atoms with Gasteiger partial charge in [-0.05, 0) is 24.3 Å². The number of nitrogens with one attached hydrogen (secondary N) is 1. The summed E-state index contributed by atoms with van der Waals surface area (Å²) in [7, 11) is 0. The third-order valence-electron chi connectivity index (χ3n) is 2.41. The molecule has 2 N–H and O–H groups in total. The first-order valence-corrected chi connectivity index (χ1v) is 5.34. The molecule has 18 heavy (non-hydrogen) atoms. The number of carbonyl (C=O) groups is 1. The number of halogens is 1. The summed E-state index contributed by atoms with van der Waals surface area (Å²) in [4.78, 5) is 15.0. The Morgan fingerprint density at radius 1 is 1.28 bits per heavy atom. The van der Waals surface area contributed by atoms with Crippen molar-refractivity contribution in [3.63, 3.8) is 0 Å². The molecular formula is C13H11FN2O2. The maximum absolute atomic E-state index is 13.4. The normalized spacial score (nSPS) is 10.1. The maximum Gasteiger partial charge on any atom is 0.340 e. The molecule has 0 aliphatic carbocycles. The highest BCUT2D eigenvalue weighted by molar-refractivity contribution is 5.94. The Balaban J connectivity index is 2.20. The number of hydrogen-bond donors (Lipinski definition) is 2. The minimum atomic E-state index is -1.29. The van der Waals surface area contributed by atoms with E-state index >= 15 is 0 Å². The molecule has 0 fully saturated rings. The number of nitrogens with zero attached hydrogens (tertiary/aromatic N) is 1. The van der Waals surface area contributed by atoms with E-state index in [1.54, 1.807) is 18.3 Å². The monoisotopic (exact) mass is 246 g/mol. The van der Waals surface area contributed by atoms with Crippen LogP contribution in [-0.2, 0) is 6.54 Å². The summed E-state index contributed by atoms with van der Waals surface area (Å²) < 4.78 is 13.4. The Morgan fingerprint density at radius 2 is 2.11 bits per heavy atom. The second-order valence-corrected chi connectivity index (χ2v) is 3.64. The highest BCUT2D eigenvalue weighted by atomic mass is 19.1. The Kier molecular flexibility index (Phi) is 3.52. The molecule has 1 heterocycles. The molecular weight excluding hydrogens is 235 g/mol. The van der Waals surface area contributed by atoms with Crippen molar-refractivity contribution in [1.82, 2.24) is 4.98 Å². The van der Waals surface area contributed by atoms with Gasteiger partial charge in [-0.2, -0.15) is 0 Å². The second kappa shape index (κ2) is 5.27. The molecule has 92 valence electrons. The summed E-state index contributed by atoms with van der Waals surface area (Å²) in [6, 6.07) is 9.52. The number of carboxylic acids is 1. The van der Waals surface area contributed by atoms with E-state index < -0.39 is 11.8 Å². The van der Waals surface area contributed by atoms with Crippen molar-refractivity contribution >= 4 is 11.7 Å². The molecule has 0 radical (unpaired) electrons. The van der Waals surface area contributed by atoms with Crippen LogP contribution in [-0.4, -0.2) is 16.1 Å². The zero-order chi connectivity index (χ0) is 13.0. The molecule has 0 atom stereocenters. The second-order valence-electron chi connectivity index (χ2n) is 3.64. The van der Waals surface area contributed by atoms with E-state index in [-0.39, 0.29) is 11.3 Å². The molecule has 0 aliphatic rings. The van der Waals surface area contributed by atoms with E-state index in [1.807, 2.05) is 6.07 Å². The fourth-order valence-corrected chi connectivity index (χ4v) is 1.58. The number of rotatable bonds is 4. The largest absolute Gasteiger partial charge is 0.478 e. The van der Waals surface area contributed by atoms with Crippen molar-refractivity contribution in [3.05, 3.63) is 59.7 Å². The molecule has 1 aromatic carbocycles. The van der Waals surface area contributed by atoms with E-state index in [4.69, 9.17) is 5.11 Å². The molecule has 0 saturated carbocycles. The topological polar surface area (TPSA) is 62.2 Å². The number of hydrogen-bond acceptors (Lipinski definition) is 3. The van der Waals surface area contributed by atoms with Gasteiger partial charge in [-0.3, -0.25) is 4.98 Å². The van der Waals surface area contributed by atoms with E-state index in [9.17, 15) is 9.18 Å². The van der Waals surface area contributed by atoms with Crippen LogP contribution < -0.4 is 5.32 Å². The van der Waals surface area contributed by atoms with Crippen LogP contribution in [0.2, 0.25) is 0 Å². The van der Waals surface area contributed by atoms with Gasteiger partial charge in [-0.1, -0.05) is 12.1 Å². The molecule has 2 aromatic rings. The van der Waals surface area contributed by atoms with Crippen LogP contribution in [0.25, 0.3) is 0 Å². The van der Waals surface area contributed by atoms with Crippen LogP contribution in [0.5, 0.6) is 0 Å². The third kappa shape index (κ3) is 2.63. The van der Waals surface area contributed by atoms with Gasteiger partial charge in [0.2, 0.25) is 0 Å². The Labute approximate surface area is 103 Å². The van der Waals surface area contributed by atoms with Gasteiger partial charge in [0.1, 0.15) is 11.4 Å². The van der Waals surface area contributed by atoms with Crippen LogP contribution >= 0.6 is 0 Å². The van der Waals surface area contributed by atoms with Crippen molar-refractivity contribution in [2.24, 2.45) is 0 Å². The summed E-state index contributed by atoms with van der Waals surface area (Å²) in [5.41, 5.74) is 0.639. The number of benzene rings is 1. The fourth-order valence-electron chi connectivity index (χ4n) is 1.58. The lowest BCUT2D eigenvalue weighted by Gasteiger charge is -2.09. The lowest BCUT2D eigenvalue weighted by Crippen LogP contribution is -2.09. The Hall–Kier alpha value is -2.43. The summed E-state index contributed by atoms with van der Waals surface area (Å²) in [5.74, 6) is -2.05. The van der Waals surface area contributed by atoms with E-state index in [0.717, 1.165) is 11.8 Å². The van der Waals surface area contributed by atoms with Crippen LogP contribution in [0.15, 0.2) is 42.6 Å². The number of pyridine rings is 1. The number of aromatic nitrogens is 1.